The van der Waals surface area contributed by atoms with E-state index in [1.807, 2.05) is 25.1 Å². The van der Waals surface area contributed by atoms with Gasteiger partial charge in [0, 0.05) is 24.6 Å². The molecule has 1 saturated heterocycles. The van der Waals surface area contributed by atoms with Crippen LogP contribution < -0.4 is 5.32 Å². The molecule has 82 valence electrons. The van der Waals surface area contributed by atoms with Gasteiger partial charge >= 0.3 is 0 Å². The molecule has 16 heavy (non-hydrogen) atoms. The second-order valence-electron chi connectivity index (χ2n) is 4.27. The number of aromatic nitrogens is 2. The average molecular weight is 215 g/mol. The highest BCUT2D eigenvalue weighted by molar-refractivity contribution is 6.01. The van der Waals surface area contributed by atoms with Crippen molar-refractivity contribution in [3.05, 3.63) is 29.6 Å². The van der Waals surface area contributed by atoms with E-state index in [4.69, 9.17) is 0 Å². The van der Waals surface area contributed by atoms with Crippen LogP contribution in [0.4, 0.5) is 0 Å². The Morgan fingerprint density at radius 2 is 2.25 bits per heavy atom. The van der Waals surface area contributed by atoms with Gasteiger partial charge in [-0.05, 0) is 25.1 Å². The third-order valence-electron chi connectivity index (χ3n) is 3.04. The number of aromatic amines is 1. The molecule has 0 atom stereocenters. The minimum absolute atomic E-state index is 0.154. The van der Waals surface area contributed by atoms with Crippen molar-refractivity contribution in [2.75, 3.05) is 13.1 Å². The summed E-state index contributed by atoms with van der Waals surface area (Å²) in [4.78, 5) is 19.5. The smallest absolute Gasteiger partial charge is 0.168 e. The van der Waals surface area contributed by atoms with Crippen molar-refractivity contribution in [1.29, 1.82) is 0 Å². The first-order valence-electron chi connectivity index (χ1n) is 5.45. The Hall–Kier alpha value is -1.68. The molecule has 4 heteroatoms. The molecular formula is C12H13N3O. The number of benzene rings is 1. The van der Waals surface area contributed by atoms with Gasteiger partial charge in [-0.3, -0.25) is 4.79 Å². The van der Waals surface area contributed by atoms with E-state index in [0.29, 0.717) is 0 Å². The lowest BCUT2D eigenvalue weighted by atomic mass is 9.93. The topological polar surface area (TPSA) is 57.8 Å². The van der Waals surface area contributed by atoms with Crippen molar-refractivity contribution in [3.63, 3.8) is 0 Å². The summed E-state index contributed by atoms with van der Waals surface area (Å²) in [6, 6.07) is 5.66. The number of hydrogen-bond donors (Lipinski definition) is 2. The summed E-state index contributed by atoms with van der Waals surface area (Å²) in [5.41, 5.74) is 2.64. The van der Waals surface area contributed by atoms with Crippen molar-refractivity contribution in [2.24, 2.45) is 5.92 Å². The van der Waals surface area contributed by atoms with Crippen LogP contribution in [0.25, 0.3) is 11.0 Å². The Labute approximate surface area is 93.1 Å². The lowest BCUT2D eigenvalue weighted by molar-refractivity contribution is 0.0878. The van der Waals surface area contributed by atoms with E-state index < -0.39 is 0 Å². The zero-order valence-corrected chi connectivity index (χ0v) is 9.08. The summed E-state index contributed by atoms with van der Waals surface area (Å²) in [5.74, 6) is 1.26. The van der Waals surface area contributed by atoms with Crippen LogP contribution >= 0.6 is 0 Å². The predicted octanol–water partition coefficient (Wildman–Crippen LogP) is 1.27. The molecule has 1 aromatic heterocycles. The molecule has 1 aromatic carbocycles. The average Bonchev–Trinajstić information content (AvgIpc) is 2.53. The van der Waals surface area contributed by atoms with Gasteiger partial charge in [0.25, 0.3) is 0 Å². The molecule has 2 N–H and O–H groups in total. The Morgan fingerprint density at radius 1 is 1.44 bits per heavy atom. The number of carbonyl (C=O) groups is 1. The maximum atomic E-state index is 12.0. The lowest BCUT2D eigenvalue weighted by Crippen LogP contribution is -2.46. The van der Waals surface area contributed by atoms with E-state index in [1.165, 1.54) is 0 Å². The van der Waals surface area contributed by atoms with Gasteiger partial charge in [0.05, 0.1) is 11.0 Å². The Balaban J connectivity index is 2.00. The highest BCUT2D eigenvalue weighted by Gasteiger charge is 2.25. The van der Waals surface area contributed by atoms with Gasteiger partial charge in [-0.25, -0.2) is 4.98 Å². The maximum Gasteiger partial charge on any atom is 0.168 e. The van der Waals surface area contributed by atoms with E-state index in [0.717, 1.165) is 35.5 Å². The van der Waals surface area contributed by atoms with Crippen LogP contribution in [-0.2, 0) is 0 Å². The van der Waals surface area contributed by atoms with Crippen LogP contribution in [0.1, 0.15) is 16.2 Å². The second kappa shape index (κ2) is 3.42. The molecule has 3 rings (SSSR count). The Kier molecular flexibility index (Phi) is 2.04. The fourth-order valence-corrected chi connectivity index (χ4v) is 2.00. The van der Waals surface area contributed by atoms with Crippen LogP contribution in [-0.4, -0.2) is 28.8 Å². The number of aryl methyl sites for hydroxylation is 1. The molecule has 2 aromatic rings. The van der Waals surface area contributed by atoms with Crippen molar-refractivity contribution in [3.8, 4) is 0 Å². The predicted molar refractivity (Wildman–Crippen MR) is 61.5 cm³/mol. The third kappa shape index (κ3) is 1.42. The van der Waals surface area contributed by atoms with Gasteiger partial charge in [0.15, 0.2) is 5.78 Å². The fourth-order valence-electron chi connectivity index (χ4n) is 2.00. The lowest BCUT2D eigenvalue weighted by Gasteiger charge is -2.25. The number of Topliss-reactive ketones (excluding diaryl/α,β-unsaturated/α-hetero) is 1. The van der Waals surface area contributed by atoms with Crippen molar-refractivity contribution in [1.82, 2.24) is 15.3 Å². The van der Waals surface area contributed by atoms with Crippen LogP contribution in [0.5, 0.6) is 0 Å². The fraction of sp³-hybridized carbons (Fsp3) is 0.333. The molecule has 0 spiro atoms. The van der Waals surface area contributed by atoms with E-state index in [9.17, 15) is 4.79 Å². The van der Waals surface area contributed by atoms with Gasteiger partial charge in [0.1, 0.15) is 5.82 Å². The number of hydrogen-bond acceptors (Lipinski definition) is 3. The van der Waals surface area contributed by atoms with Crippen LogP contribution in [0.15, 0.2) is 18.2 Å². The van der Waals surface area contributed by atoms with E-state index in [-0.39, 0.29) is 11.7 Å². The summed E-state index contributed by atoms with van der Waals surface area (Å²) in [6.07, 6.45) is 0. The number of H-pyrrole nitrogens is 1. The van der Waals surface area contributed by atoms with E-state index >= 15 is 0 Å². The highest BCUT2D eigenvalue weighted by Crippen LogP contribution is 2.18. The van der Waals surface area contributed by atoms with E-state index in [1.54, 1.807) is 0 Å². The molecule has 0 aliphatic carbocycles. The number of nitrogens with one attached hydrogen (secondary N) is 2. The molecule has 0 radical (unpaired) electrons. The first-order valence-corrected chi connectivity index (χ1v) is 5.45. The van der Waals surface area contributed by atoms with Crippen molar-refractivity contribution < 1.29 is 4.79 Å². The van der Waals surface area contributed by atoms with Gasteiger partial charge in [-0.1, -0.05) is 0 Å². The number of fused-ring (bicyclic) bond motifs is 1. The Bertz CT molecular complexity index is 554. The monoisotopic (exact) mass is 215 g/mol. The Morgan fingerprint density at radius 3 is 2.94 bits per heavy atom. The van der Waals surface area contributed by atoms with E-state index in [2.05, 4.69) is 15.3 Å². The minimum Gasteiger partial charge on any atom is -0.342 e. The maximum absolute atomic E-state index is 12.0. The molecule has 0 bridgehead atoms. The molecule has 1 fully saturated rings. The molecular weight excluding hydrogens is 202 g/mol. The zero-order chi connectivity index (χ0) is 11.1. The number of carbonyl (C=O) groups excluding carboxylic acids is 1. The van der Waals surface area contributed by atoms with Gasteiger partial charge < -0.3 is 10.3 Å². The normalized spacial score (nSPS) is 16.3. The van der Waals surface area contributed by atoms with Crippen LogP contribution in [0.2, 0.25) is 0 Å². The first kappa shape index (κ1) is 9.54. The summed E-state index contributed by atoms with van der Waals surface area (Å²) in [7, 11) is 0. The van der Waals surface area contributed by atoms with Crippen LogP contribution in [0, 0.1) is 12.8 Å². The number of ketones is 1. The quantitative estimate of drug-likeness (QED) is 0.742. The SMILES string of the molecule is Cc1nc2ccc(C(=O)C3CNC3)cc2[nH]1. The molecule has 2 heterocycles. The largest absolute Gasteiger partial charge is 0.342 e. The van der Waals surface area contributed by atoms with Crippen molar-refractivity contribution in [2.45, 2.75) is 6.92 Å². The summed E-state index contributed by atoms with van der Waals surface area (Å²) in [5, 5.41) is 3.11. The van der Waals surface area contributed by atoms with Gasteiger partial charge in [0.2, 0.25) is 0 Å². The highest BCUT2D eigenvalue weighted by atomic mass is 16.1. The molecule has 0 saturated carbocycles. The molecule has 0 unspecified atom stereocenters. The number of rotatable bonds is 2. The zero-order valence-electron chi connectivity index (χ0n) is 9.08. The standard InChI is InChI=1S/C12H13N3O/c1-7-14-10-3-2-8(4-11(10)15-7)12(16)9-5-13-6-9/h2-4,9,13H,5-6H2,1H3,(H,14,15). The van der Waals surface area contributed by atoms with Crippen LogP contribution in [0.3, 0.4) is 0 Å². The summed E-state index contributed by atoms with van der Waals surface area (Å²) < 4.78 is 0. The summed E-state index contributed by atoms with van der Waals surface area (Å²) in [6.45, 7) is 3.52. The third-order valence-corrected chi connectivity index (χ3v) is 3.04. The number of nitrogens with zero attached hydrogens (tertiary/aromatic N) is 1. The van der Waals surface area contributed by atoms with Crippen molar-refractivity contribution >= 4 is 16.8 Å². The van der Waals surface area contributed by atoms with Gasteiger partial charge in [-0.15, -0.1) is 0 Å². The first-order chi connectivity index (χ1) is 7.74. The molecule has 1 aliphatic rings. The van der Waals surface area contributed by atoms with Gasteiger partial charge in [-0.2, -0.15) is 0 Å². The molecule has 0 amide bonds. The minimum atomic E-state index is 0.154. The molecule has 1 aliphatic heterocycles. The summed E-state index contributed by atoms with van der Waals surface area (Å²) >= 11 is 0. The number of imidazole rings is 1. The molecule has 4 nitrogen and oxygen atoms in total. The second-order valence-corrected chi connectivity index (χ2v) is 4.27.